The van der Waals surface area contributed by atoms with Crippen molar-refractivity contribution in [2.45, 2.75) is 26.1 Å². The van der Waals surface area contributed by atoms with Crippen LogP contribution in [-0.2, 0) is 35.8 Å². The molecule has 0 saturated heterocycles. The number of benzene rings is 2. The number of aryl methyl sites for hydroxylation is 1. The molecule has 0 radical (unpaired) electrons. The normalized spacial score (nSPS) is 11.3. The minimum absolute atomic E-state index is 0.0852. The van der Waals surface area contributed by atoms with Gasteiger partial charge in [-0.25, -0.2) is 14.2 Å². The van der Waals surface area contributed by atoms with Gasteiger partial charge in [0.05, 0.1) is 12.8 Å². The van der Waals surface area contributed by atoms with Crippen molar-refractivity contribution in [3.8, 4) is 17.2 Å². The quantitative estimate of drug-likeness (QED) is 0.449. The molecule has 1 heterocycles. The average molecular weight is 492 g/mol. The van der Waals surface area contributed by atoms with Crippen LogP contribution in [0.4, 0.5) is 13.2 Å². The molecule has 11 heteroatoms. The molecule has 3 rings (SSSR count). The van der Waals surface area contributed by atoms with Gasteiger partial charge in [0.1, 0.15) is 23.8 Å². The predicted molar refractivity (Wildman–Crippen MR) is 120 cm³/mol. The second kappa shape index (κ2) is 10.5. The number of carbonyl (C=O) groups excluding carboxylic acids is 1. The summed E-state index contributed by atoms with van der Waals surface area (Å²) in [5.74, 6) is 0.314. The van der Waals surface area contributed by atoms with Crippen LogP contribution in [0.15, 0.2) is 58.1 Å². The molecule has 2 aromatic carbocycles. The first-order chi connectivity index (χ1) is 16.5. The zero-order valence-electron chi connectivity index (χ0n) is 19.2. The Bertz CT molecular complexity index is 1330. The molecule has 8 nitrogen and oxygen atoms in total. The number of hydrogen-bond donors (Lipinski definition) is 0. The van der Waals surface area contributed by atoms with E-state index in [1.54, 1.807) is 6.07 Å². The Balaban J connectivity index is 1.81. The highest BCUT2D eigenvalue weighted by Crippen LogP contribution is 2.27. The molecule has 186 valence electrons. The van der Waals surface area contributed by atoms with Gasteiger partial charge < -0.3 is 14.2 Å². The highest BCUT2D eigenvalue weighted by molar-refractivity contribution is 5.71. The summed E-state index contributed by atoms with van der Waals surface area (Å²) in [5.41, 5.74) is -1.79. The molecule has 0 aliphatic carbocycles. The van der Waals surface area contributed by atoms with Crippen molar-refractivity contribution >= 4 is 5.97 Å². The first-order valence-corrected chi connectivity index (χ1v) is 10.5. The lowest BCUT2D eigenvalue weighted by Crippen LogP contribution is -2.40. The lowest BCUT2D eigenvalue weighted by atomic mass is 10.1. The minimum Gasteiger partial charge on any atom is -0.489 e. The fraction of sp³-hybridized carbons (Fsp3) is 0.292. The first kappa shape index (κ1) is 25.6. The lowest BCUT2D eigenvalue weighted by molar-refractivity contribution is -0.144. The Labute approximate surface area is 198 Å². The summed E-state index contributed by atoms with van der Waals surface area (Å²) in [6, 6.07) is 11.6. The third-order valence-corrected chi connectivity index (χ3v) is 5.21. The molecular formula is C24H23F3N2O6. The van der Waals surface area contributed by atoms with Crippen LogP contribution in [0.25, 0.3) is 5.69 Å². The maximum atomic E-state index is 13.0. The number of esters is 1. The summed E-state index contributed by atoms with van der Waals surface area (Å²) in [6.07, 6.45) is -4.07. The Kier molecular flexibility index (Phi) is 7.68. The van der Waals surface area contributed by atoms with E-state index in [-0.39, 0.29) is 18.9 Å². The largest absolute Gasteiger partial charge is 0.489 e. The highest BCUT2D eigenvalue weighted by atomic mass is 19.4. The van der Waals surface area contributed by atoms with Crippen molar-refractivity contribution in [2.24, 2.45) is 7.05 Å². The van der Waals surface area contributed by atoms with Gasteiger partial charge in [0.15, 0.2) is 6.61 Å². The lowest BCUT2D eigenvalue weighted by Gasteiger charge is -2.15. The van der Waals surface area contributed by atoms with E-state index in [1.807, 2.05) is 19.1 Å². The molecule has 0 aliphatic rings. The Morgan fingerprint density at radius 3 is 2.29 bits per heavy atom. The summed E-state index contributed by atoms with van der Waals surface area (Å²) in [5, 5.41) is 0. The number of aromatic nitrogens is 2. The van der Waals surface area contributed by atoms with E-state index in [2.05, 4.69) is 4.74 Å². The molecule has 0 atom stereocenters. The number of carbonyl (C=O) groups is 1. The van der Waals surface area contributed by atoms with Crippen LogP contribution in [0.3, 0.4) is 0 Å². The number of ether oxygens (including phenoxy) is 3. The zero-order valence-corrected chi connectivity index (χ0v) is 19.2. The smallest absolute Gasteiger partial charge is 0.431 e. The van der Waals surface area contributed by atoms with Crippen LogP contribution in [-0.4, -0.2) is 28.8 Å². The van der Waals surface area contributed by atoms with E-state index in [0.29, 0.717) is 32.3 Å². The summed E-state index contributed by atoms with van der Waals surface area (Å²) in [7, 11) is 2.21. The second-order valence-corrected chi connectivity index (χ2v) is 7.49. The molecule has 35 heavy (non-hydrogen) atoms. The topological polar surface area (TPSA) is 88.8 Å². The maximum absolute atomic E-state index is 13.0. The van der Waals surface area contributed by atoms with Crippen molar-refractivity contribution in [3.63, 3.8) is 0 Å². The van der Waals surface area contributed by atoms with Crippen LogP contribution >= 0.6 is 0 Å². The fourth-order valence-electron chi connectivity index (χ4n) is 3.26. The number of rotatable bonds is 8. The number of halogens is 3. The molecule has 0 aliphatic heterocycles. The van der Waals surface area contributed by atoms with Crippen LogP contribution in [0, 0.1) is 0 Å². The van der Waals surface area contributed by atoms with Crippen molar-refractivity contribution in [2.75, 3.05) is 13.7 Å². The Morgan fingerprint density at radius 1 is 1.00 bits per heavy atom. The van der Waals surface area contributed by atoms with Gasteiger partial charge in [0.25, 0.3) is 5.56 Å². The van der Waals surface area contributed by atoms with Crippen LogP contribution in [0.2, 0.25) is 0 Å². The van der Waals surface area contributed by atoms with Crippen LogP contribution < -0.4 is 20.7 Å². The second-order valence-electron chi connectivity index (χ2n) is 7.49. The fourth-order valence-corrected chi connectivity index (χ4v) is 3.26. The van der Waals surface area contributed by atoms with E-state index in [0.717, 1.165) is 19.0 Å². The van der Waals surface area contributed by atoms with Crippen LogP contribution in [0.1, 0.15) is 23.7 Å². The van der Waals surface area contributed by atoms with Gasteiger partial charge >= 0.3 is 17.8 Å². The van der Waals surface area contributed by atoms with Gasteiger partial charge in [-0.15, -0.1) is 0 Å². The van der Waals surface area contributed by atoms with E-state index < -0.39 is 29.1 Å². The molecule has 0 unspecified atom stereocenters. The molecule has 1 aromatic heterocycles. The summed E-state index contributed by atoms with van der Waals surface area (Å²) < 4.78 is 56.1. The van der Waals surface area contributed by atoms with Gasteiger partial charge in [0, 0.05) is 18.7 Å². The summed E-state index contributed by atoms with van der Waals surface area (Å²) in [6.45, 7) is 1.80. The monoisotopic (exact) mass is 492 g/mol. The van der Waals surface area contributed by atoms with E-state index in [9.17, 15) is 27.6 Å². The van der Waals surface area contributed by atoms with Crippen molar-refractivity contribution < 1.29 is 32.2 Å². The van der Waals surface area contributed by atoms with Crippen molar-refractivity contribution in [1.29, 1.82) is 0 Å². The number of hydrogen-bond acceptors (Lipinski definition) is 6. The summed E-state index contributed by atoms with van der Waals surface area (Å²) >= 11 is 0. The zero-order chi connectivity index (χ0) is 25.8. The molecule has 3 aromatic rings. The van der Waals surface area contributed by atoms with Crippen LogP contribution in [0.5, 0.6) is 11.5 Å². The molecular weight excluding hydrogens is 469 g/mol. The standard InChI is InChI=1S/C24H23F3N2O6/c1-4-15-5-6-16(19(11-15)35-14-22(31)33-3)13-34-18-9-7-17(8-10-18)29-21(30)12-20(24(25,26)27)28(2)23(29)32/h5-12H,4,13-14H2,1-3H3. The molecule has 0 saturated carbocycles. The third-order valence-electron chi connectivity index (χ3n) is 5.21. The Morgan fingerprint density at radius 2 is 1.69 bits per heavy atom. The summed E-state index contributed by atoms with van der Waals surface area (Å²) in [4.78, 5) is 36.1. The van der Waals surface area contributed by atoms with Gasteiger partial charge in [-0.1, -0.05) is 19.1 Å². The van der Waals surface area contributed by atoms with E-state index in [1.165, 1.54) is 31.4 Å². The third kappa shape index (κ3) is 5.92. The van der Waals surface area contributed by atoms with E-state index >= 15 is 0 Å². The van der Waals surface area contributed by atoms with Gasteiger partial charge in [-0.2, -0.15) is 13.2 Å². The number of alkyl halides is 3. The van der Waals surface area contributed by atoms with Crippen molar-refractivity contribution in [1.82, 2.24) is 9.13 Å². The van der Waals surface area contributed by atoms with Gasteiger partial charge in [0.2, 0.25) is 0 Å². The van der Waals surface area contributed by atoms with Gasteiger partial charge in [-0.3, -0.25) is 9.36 Å². The molecule has 0 bridgehead atoms. The SMILES string of the molecule is CCc1ccc(COc2ccc(-n3c(=O)cc(C(F)(F)F)n(C)c3=O)cc2)c(OCC(=O)OC)c1. The molecule has 0 amide bonds. The highest BCUT2D eigenvalue weighted by Gasteiger charge is 2.35. The molecule has 0 N–H and O–H groups in total. The van der Waals surface area contributed by atoms with E-state index in [4.69, 9.17) is 9.47 Å². The average Bonchev–Trinajstić information content (AvgIpc) is 2.83. The first-order valence-electron chi connectivity index (χ1n) is 10.5. The molecule has 0 spiro atoms. The number of methoxy groups -OCH3 is 1. The predicted octanol–water partition coefficient (Wildman–Crippen LogP) is 3.25. The minimum atomic E-state index is -4.83. The molecule has 0 fully saturated rings. The number of nitrogens with zero attached hydrogens (tertiary/aromatic N) is 2. The maximum Gasteiger partial charge on any atom is 0.431 e. The van der Waals surface area contributed by atoms with Crippen molar-refractivity contribution in [3.05, 3.63) is 86.2 Å². The Hall–Kier alpha value is -4.02. The van der Waals surface area contributed by atoms with Gasteiger partial charge in [-0.05, 0) is 42.3 Å².